The summed E-state index contributed by atoms with van der Waals surface area (Å²) >= 11 is 0. The highest BCUT2D eigenvalue weighted by Gasteiger charge is 2.26. The van der Waals surface area contributed by atoms with Crippen LogP contribution in [-0.2, 0) is 22.4 Å². The number of benzene rings is 1. The van der Waals surface area contributed by atoms with E-state index in [1.807, 2.05) is 0 Å². The molecule has 200 valence electrons. The van der Waals surface area contributed by atoms with Gasteiger partial charge in [-0.3, -0.25) is 4.79 Å². The van der Waals surface area contributed by atoms with Crippen LogP contribution in [0.15, 0.2) is 30.3 Å². The number of rotatable bonds is 11. The molecule has 3 N–H and O–H groups in total. The Balaban J connectivity index is 1.19. The molecule has 2 aliphatic rings. The van der Waals surface area contributed by atoms with Crippen LogP contribution in [0.1, 0.15) is 53.7 Å². The standard InChI is InChI=1S/C27H34F2N4O4/c28-21-8-1-9-22(29)24(21)26(34)32-23(27(35)36)12-16-37-20-7-4-15-33(17-20)14-3-6-19-11-10-18-5-2-13-30-25(18)31-19/h1,8-11,20,23H,2-7,12-17H2,(H,30,31)(H,32,34)(H,35,36)/t20-,23+/m1/s1. The lowest BCUT2D eigenvalue weighted by atomic mass is 10.1. The van der Waals surface area contributed by atoms with Gasteiger partial charge >= 0.3 is 5.97 Å². The molecule has 0 saturated carbocycles. The molecule has 2 aliphatic heterocycles. The maximum absolute atomic E-state index is 13.9. The zero-order chi connectivity index (χ0) is 26.2. The molecule has 10 heteroatoms. The Labute approximate surface area is 215 Å². The Morgan fingerprint density at radius 1 is 1.22 bits per heavy atom. The number of carboxylic acid groups (broad SMARTS) is 1. The molecule has 0 unspecified atom stereocenters. The molecule has 0 radical (unpaired) electrons. The molecule has 4 rings (SSSR count). The Morgan fingerprint density at radius 2 is 2.03 bits per heavy atom. The van der Waals surface area contributed by atoms with Gasteiger partial charge < -0.3 is 25.4 Å². The molecule has 0 aliphatic carbocycles. The number of nitrogens with one attached hydrogen (secondary N) is 2. The van der Waals surface area contributed by atoms with E-state index in [4.69, 9.17) is 9.72 Å². The first-order valence-electron chi connectivity index (χ1n) is 12.9. The molecule has 1 aromatic carbocycles. The minimum atomic E-state index is -1.31. The molecule has 0 spiro atoms. The first-order chi connectivity index (χ1) is 17.9. The van der Waals surface area contributed by atoms with E-state index in [0.717, 1.165) is 94.4 Å². The highest BCUT2D eigenvalue weighted by Crippen LogP contribution is 2.21. The van der Waals surface area contributed by atoms with E-state index in [-0.39, 0.29) is 19.1 Å². The van der Waals surface area contributed by atoms with Crippen molar-refractivity contribution in [3.63, 3.8) is 0 Å². The SMILES string of the molecule is O=C(N[C@@H](CCO[C@@H]1CCCN(CCCc2ccc3c(n2)NCCC3)C1)C(=O)O)c1c(F)cccc1F. The maximum atomic E-state index is 13.9. The second-order valence-electron chi connectivity index (χ2n) is 9.63. The number of fused-ring (bicyclic) bond motifs is 1. The molecule has 8 nitrogen and oxygen atoms in total. The summed E-state index contributed by atoms with van der Waals surface area (Å²) in [5, 5.41) is 15.0. The quantitative estimate of drug-likeness (QED) is 0.421. The number of amides is 1. The van der Waals surface area contributed by atoms with Crippen LogP contribution in [0, 0.1) is 11.6 Å². The topological polar surface area (TPSA) is 104 Å². The Hall–Kier alpha value is -3.11. The average molecular weight is 517 g/mol. The summed E-state index contributed by atoms with van der Waals surface area (Å²) in [5.41, 5.74) is 1.59. The van der Waals surface area contributed by atoms with E-state index in [1.165, 1.54) is 5.56 Å². The number of ether oxygens (including phenoxy) is 1. The lowest BCUT2D eigenvalue weighted by Crippen LogP contribution is -2.43. The first-order valence-corrected chi connectivity index (χ1v) is 12.9. The monoisotopic (exact) mass is 516 g/mol. The predicted octanol–water partition coefficient (Wildman–Crippen LogP) is 3.40. The minimum Gasteiger partial charge on any atom is -0.480 e. The van der Waals surface area contributed by atoms with Crippen molar-refractivity contribution in [2.45, 2.75) is 57.1 Å². The van der Waals surface area contributed by atoms with Gasteiger partial charge in [-0.15, -0.1) is 0 Å². The van der Waals surface area contributed by atoms with Crippen molar-refractivity contribution < 1.29 is 28.2 Å². The molecular weight excluding hydrogens is 482 g/mol. The lowest BCUT2D eigenvalue weighted by molar-refractivity contribution is -0.140. The number of carbonyl (C=O) groups excluding carboxylic acids is 1. The van der Waals surface area contributed by atoms with Gasteiger partial charge in [0.15, 0.2) is 0 Å². The molecule has 1 fully saturated rings. The number of pyridine rings is 1. The van der Waals surface area contributed by atoms with Gasteiger partial charge in [0.25, 0.3) is 5.91 Å². The highest BCUT2D eigenvalue weighted by molar-refractivity contribution is 5.97. The number of likely N-dealkylation sites (tertiary alicyclic amines) is 1. The molecule has 1 amide bonds. The van der Waals surface area contributed by atoms with Crippen LogP contribution in [0.5, 0.6) is 0 Å². The lowest BCUT2D eigenvalue weighted by Gasteiger charge is -2.32. The van der Waals surface area contributed by atoms with Gasteiger partial charge in [0.05, 0.1) is 6.10 Å². The van der Waals surface area contributed by atoms with E-state index < -0.39 is 35.1 Å². The number of nitrogens with zero attached hydrogens (tertiary/aromatic N) is 2. The van der Waals surface area contributed by atoms with Crippen molar-refractivity contribution in [3.05, 3.63) is 58.8 Å². The fraction of sp³-hybridized carbons (Fsp3) is 0.519. The van der Waals surface area contributed by atoms with Crippen LogP contribution in [-0.4, -0.2) is 71.8 Å². The van der Waals surface area contributed by atoms with Crippen LogP contribution >= 0.6 is 0 Å². The number of carbonyl (C=O) groups is 2. The van der Waals surface area contributed by atoms with Gasteiger partial charge in [-0.25, -0.2) is 18.6 Å². The number of piperidine rings is 1. The molecule has 1 saturated heterocycles. The normalized spacial score (nSPS) is 18.5. The van der Waals surface area contributed by atoms with Gasteiger partial charge in [0.2, 0.25) is 0 Å². The van der Waals surface area contributed by atoms with Crippen molar-refractivity contribution in [1.29, 1.82) is 0 Å². The van der Waals surface area contributed by atoms with Crippen molar-refractivity contribution in [2.24, 2.45) is 0 Å². The van der Waals surface area contributed by atoms with Crippen molar-refractivity contribution in [1.82, 2.24) is 15.2 Å². The number of aliphatic carboxylic acids is 1. The third-order valence-corrected chi connectivity index (χ3v) is 6.87. The number of carboxylic acids is 1. The zero-order valence-electron chi connectivity index (χ0n) is 20.8. The number of anilines is 1. The van der Waals surface area contributed by atoms with Crippen LogP contribution < -0.4 is 10.6 Å². The summed E-state index contributed by atoms with van der Waals surface area (Å²) in [7, 11) is 0. The van der Waals surface area contributed by atoms with E-state index in [0.29, 0.717) is 0 Å². The fourth-order valence-electron chi connectivity index (χ4n) is 4.90. The average Bonchev–Trinajstić information content (AvgIpc) is 2.88. The molecule has 37 heavy (non-hydrogen) atoms. The highest BCUT2D eigenvalue weighted by atomic mass is 19.1. The summed E-state index contributed by atoms with van der Waals surface area (Å²) in [4.78, 5) is 31.0. The summed E-state index contributed by atoms with van der Waals surface area (Å²) < 4.78 is 33.6. The molecule has 2 atom stereocenters. The summed E-state index contributed by atoms with van der Waals surface area (Å²) in [6.07, 6.45) is 5.92. The van der Waals surface area contributed by atoms with Crippen LogP contribution in [0.2, 0.25) is 0 Å². The van der Waals surface area contributed by atoms with E-state index in [1.54, 1.807) is 0 Å². The van der Waals surface area contributed by atoms with Crippen molar-refractivity contribution in [3.8, 4) is 0 Å². The van der Waals surface area contributed by atoms with Gasteiger partial charge in [0, 0.05) is 31.8 Å². The number of hydrogen-bond acceptors (Lipinski definition) is 6. The van der Waals surface area contributed by atoms with Gasteiger partial charge in [0.1, 0.15) is 29.1 Å². The maximum Gasteiger partial charge on any atom is 0.326 e. The molecule has 2 aromatic rings. The number of aromatic nitrogens is 1. The van der Waals surface area contributed by atoms with Gasteiger partial charge in [-0.05, 0) is 75.4 Å². The molecule has 3 heterocycles. The van der Waals surface area contributed by atoms with Gasteiger partial charge in [-0.1, -0.05) is 12.1 Å². The Bertz CT molecular complexity index is 1080. The largest absolute Gasteiger partial charge is 0.480 e. The number of aryl methyl sites for hydroxylation is 2. The molecule has 1 aromatic heterocycles. The first kappa shape index (κ1) is 26.9. The second-order valence-corrected chi connectivity index (χ2v) is 9.63. The number of hydrogen-bond donors (Lipinski definition) is 3. The van der Waals surface area contributed by atoms with Crippen LogP contribution in [0.3, 0.4) is 0 Å². The fourth-order valence-corrected chi connectivity index (χ4v) is 4.90. The minimum absolute atomic E-state index is 0.00826. The third-order valence-electron chi connectivity index (χ3n) is 6.87. The Morgan fingerprint density at radius 3 is 2.81 bits per heavy atom. The van der Waals surface area contributed by atoms with Gasteiger partial charge in [-0.2, -0.15) is 0 Å². The molecular formula is C27H34F2N4O4. The van der Waals surface area contributed by atoms with E-state index in [9.17, 15) is 23.5 Å². The summed E-state index contributed by atoms with van der Waals surface area (Å²) in [6, 6.07) is 6.02. The van der Waals surface area contributed by atoms with E-state index in [2.05, 4.69) is 27.7 Å². The summed E-state index contributed by atoms with van der Waals surface area (Å²) in [5.74, 6) is -3.45. The van der Waals surface area contributed by atoms with Crippen LogP contribution in [0.4, 0.5) is 14.6 Å². The number of halogens is 2. The smallest absolute Gasteiger partial charge is 0.326 e. The van der Waals surface area contributed by atoms with Crippen molar-refractivity contribution >= 4 is 17.7 Å². The summed E-state index contributed by atoms with van der Waals surface area (Å²) in [6.45, 7) is 3.75. The third kappa shape index (κ3) is 7.45. The zero-order valence-corrected chi connectivity index (χ0v) is 20.8. The second kappa shape index (κ2) is 12.9. The Kier molecular flexibility index (Phi) is 9.40. The molecule has 0 bridgehead atoms. The van der Waals surface area contributed by atoms with Crippen molar-refractivity contribution in [2.75, 3.05) is 38.1 Å². The van der Waals surface area contributed by atoms with E-state index >= 15 is 0 Å². The predicted molar refractivity (Wildman–Crippen MR) is 135 cm³/mol. The van der Waals surface area contributed by atoms with Crippen LogP contribution in [0.25, 0.3) is 0 Å².